The molecule has 0 aliphatic carbocycles. The fourth-order valence-corrected chi connectivity index (χ4v) is 4.12. The van der Waals surface area contributed by atoms with Gasteiger partial charge in [-0.05, 0) is 65.7 Å². The molecule has 33 heavy (non-hydrogen) atoms. The van der Waals surface area contributed by atoms with E-state index in [-0.39, 0.29) is 22.6 Å². The molecule has 4 aromatic carbocycles. The Hall–Kier alpha value is -3.70. The highest BCUT2D eigenvalue weighted by Crippen LogP contribution is 2.48. The van der Waals surface area contributed by atoms with Gasteiger partial charge in [-0.2, -0.15) is 0 Å². The molecule has 0 spiro atoms. The van der Waals surface area contributed by atoms with E-state index in [1.54, 1.807) is 36.4 Å². The zero-order valence-electron chi connectivity index (χ0n) is 17.1. The Balaban J connectivity index is 2.14. The number of rotatable bonds is 5. The Morgan fingerprint density at radius 2 is 1.18 bits per heavy atom. The molecule has 0 heterocycles. The number of hydrogen-bond acceptors (Lipinski definition) is 2. The third-order valence-corrected chi connectivity index (χ3v) is 5.83. The minimum absolute atomic E-state index is 0.0262. The van der Waals surface area contributed by atoms with Gasteiger partial charge in [0.05, 0.1) is 5.41 Å². The fraction of sp³-hybridized carbons (Fsp3) is 0.0370. The second-order valence-electron chi connectivity index (χ2n) is 7.49. The molecule has 0 aromatic heterocycles. The van der Waals surface area contributed by atoms with Gasteiger partial charge >= 0.3 is 0 Å². The van der Waals surface area contributed by atoms with Crippen LogP contribution in [0.25, 0.3) is 6.08 Å². The third kappa shape index (κ3) is 4.32. The molecular formula is C27H18ClF3O2. The molecule has 4 aromatic rings. The van der Waals surface area contributed by atoms with Gasteiger partial charge in [0.15, 0.2) is 0 Å². The van der Waals surface area contributed by atoms with Gasteiger partial charge in [0.25, 0.3) is 0 Å². The number of aromatic hydroxyl groups is 2. The van der Waals surface area contributed by atoms with Crippen LogP contribution >= 0.6 is 11.6 Å². The van der Waals surface area contributed by atoms with Crippen LogP contribution in [0.15, 0.2) is 91.0 Å². The lowest BCUT2D eigenvalue weighted by molar-refractivity contribution is 0.445. The number of phenols is 2. The van der Waals surface area contributed by atoms with E-state index >= 15 is 0 Å². The number of benzene rings is 4. The van der Waals surface area contributed by atoms with Crippen molar-refractivity contribution in [2.24, 2.45) is 0 Å². The largest absolute Gasteiger partial charge is 0.508 e. The summed E-state index contributed by atoms with van der Waals surface area (Å²) in [4.78, 5) is 0. The smallest absolute Gasteiger partial charge is 0.123 e. The molecular weight excluding hydrogens is 449 g/mol. The van der Waals surface area contributed by atoms with Gasteiger partial charge in [-0.3, -0.25) is 0 Å². The highest BCUT2D eigenvalue weighted by molar-refractivity contribution is 6.32. The average Bonchev–Trinajstić information content (AvgIpc) is 2.80. The van der Waals surface area contributed by atoms with Gasteiger partial charge in [-0.25, -0.2) is 13.2 Å². The van der Waals surface area contributed by atoms with Crippen molar-refractivity contribution in [1.82, 2.24) is 0 Å². The summed E-state index contributed by atoms with van der Waals surface area (Å²) >= 11 is 6.31. The van der Waals surface area contributed by atoms with Crippen LogP contribution in [0.5, 0.6) is 11.5 Å². The van der Waals surface area contributed by atoms with E-state index in [0.29, 0.717) is 16.1 Å². The summed E-state index contributed by atoms with van der Waals surface area (Å²) in [6, 6.07) is 18.9. The van der Waals surface area contributed by atoms with Crippen molar-refractivity contribution in [3.63, 3.8) is 0 Å². The molecule has 0 bridgehead atoms. The van der Waals surface area contributed by atoms with Crippen LogP contribution in [0.3, 0.4) is 0 Å². The average molecular weight is 467 g/mol. The van der Waals surface area contributed by atoms with Crippen molar-refractivity contribution < 1.29 is 23.4 Å². The van der Waals surface area contributed by atoms with Gasteiger partial charge in [-0.1, -0.05) is 54.1 Å². The minimum Gasteiger partial charge on any atom is -0.508 e. The number of allylic oxidation sites excluding steroid dienone is 1. The maximum Gasteiger partial charge on any atom is 0.123 e. The first-order chi connectivity index (χ1) is 15.8. The lowest BCUT2D eigenvalue weighted by Gasteiger charge is -2.34. The molecule has 0 saturated heterocycles. The van der Waals surface area contributed by atoms with E-state index in [2.05, 4.69) is 0 Å². The van der Waals surface area contributed by atoms with Crippen molar-refractivity contribution in [1.29, 1.82) is 0 Å². The zero-order valence-corrected chi connectivity index (χ0v) is 17.9. The van der Waals surface area contributed by atoms with Crippen LogP contribution in [0.2, 0.25) is 5.02 Å². The van der Waals surface area contributed by atoms with Gasteiger partial charge < -0.3 is 10.2 Å². The summed E-state index contributed by atoms with van der Waals surface area (Å²) < 4.78 is 42.7. The zero-order chi connectivity index (χ0) is 23.6. The third-order valence-electron chi connectivity index (χ3n) is 5.48. The summed E-state index contributed by atoms with van der Waals surface area (Å²) in [7, 11) is 0. The second-order valence-corrected chi connectivity index (χ2v) is 7.90. The molecule has 0 unspecified atom stereocenters. The van der Waals surface area contributed by atoms with Crippen molar-refractivity contribution >= 4 is 17.7 Å². The van der Waals surface area contributed by atoms with Gasteiger partial charge in [0.1, 0.15) is 29.0 Å². The standard InChI is InChI=1S/C27H18ClF3O2/c28-24-4-2-1-3-17(24)13-14-27(18-5-7-19(29)8-6-18,22-15-20(30)9-11-25(22)32)23-16-21(31)10-12-26(23)33/h1-16,32-33H. The van der Waals surface area contributed by atoms with Crippen molar-refractivity contribution in [3.8, 4) is 11.5 Å². The topological polar surface area (TPSA) is 40.5 Å². The van der Waals surface area contributed by atoms with E-state index in [1.807, 2.05) is 0 Å². The molecule has 2 nitrogen and oxygen atoms in total. The predicted molar refractivity (Wildman–Crippen MR) is 123 cm³/mol. The van der Waals surface area contributed by atoms with Crippen molar-refractivity contribution in [2.45, 2.75) is 5.41 Å². The first-order valence-corrected chi connectivity index (χ1v) is 10.4. The maximum absolute atomic E-state index is 14.4. The molecule has 0 saturated carbocycles. The molecule has 4 rings (SSSR count). The number of hydrogen-bond donors (Lipinski definition) is 2. The van der Waals surface area contributed by atoms with E-state index in [4.69, 9.17) is 11.6 Å². The molecule has 2 N–H and O–H groups in total. The Morgan fingerprint density at radius 1 is 0.667 bits per heavy atom. The Labute approximate surface area is 193 Å². The van der Waals surface area contributed by atoms with Crippen LogP contribution in [-0.4, -0.2) is 10.2 Å². The molecule has 0 radical (unpaired) electrons. The van der Waals surface area contributed by atoms with Crippen LogP contribution in [0.4, 0.5) is 13.2 Å². The molecule has 0 aliphatic heterocycles. The number of halogens is 4. The van der Waals surface area contributed by atoms with Crippen molar-refractivity contribution in [2.75, 3.05) is 0 Å². The lowest BCUT2D eigenvalue weighted by atomic mass is 9.68. The monoisotopic (exact) mass is 466 g/mol. The van der Waals surface area contributed by atoms with Gasteiger partial charge in [0.2, 0.25) is 0 Å². The molecule has 6 heteroatoms. The van der Waals surface area contributed by atoms with Gasteiger partial charge in [0, 0.05) is 16.1 Å². The number of phenolic OH excluding ortho intramolecular Hbond substituents is 2. The van der Waals surface area contributed by atoms with E-state index in [0.717, 1.165) is 24.3 Å². The molecule has 166 valence electrons. The normalized spacial score (nSPS) is 11.8. The Bertz CT molecular complexity index is 1280. The Morgan fingerprint density at radius 3 is 1.73 bits per heavy atom. The maximum atomic E-state index is 14.4. The van der Waals surface area contributed by atoms with Crippen LogP contribution in [-0.2, 0) is 5.41 Å². The van der Waals surface area contributed by atoms with E-state index in [1.165, 1.54) is 36.4 Å². The minimum atomic E-state index is -1.61. The van der Waals surface area contributed by atoms with Crippen LogP contribution in [0.1, 0.15) is 22.3 Å². The SMILES string of the molecule is Oc1ccc(F)cc1C(C=Cc1ccccc1Cl)(c1ccc(F)cc1)c1cc(F)ccc1O. The second kappa shape index (κ2) is 9.04. The summed E-state index contributed by atoms with van der Waals surface area (Å²) in [5.41, 5.74) is -0.603. The first-order valence-electron chi connectivity index (χ1n) is 9.99. The molecule has 0 fully saturated rings. The highest BCUT2D eigenvalue weighted by Gasteiger charge is 2.39. The fourth-order valence-electron chi connectivity index (χ4n) is 3.92. The van der Waals surface area contributed by atoms with Crippen LogP contribution < -0.4 is 0 Å². The molecule has 0 atom stereocenters. The van der Waals surface area contributed by atoms with E-state index < -0.39 is 22.9 Å². The molecule has 0 aliphatic rings. The Kier molecular flexibility index (Phi) is 6.16. The quantitative estimate of drug-likeness (QED) is 0.305. The summed E-state index contributed by atoms with van der Waals surface area (Å²) in [6.45, 7) is 0. The van der Waals surface area contributed by atoms with Crippen LogP contribution in [0, 0.1) is 17.5 Å². The highest BCUT2D eigenvalue weighted by atomic mass is 35.5. The van der Waals surface area contributed by atoms with Crippen molar-refractivity contribution in [3.05, 3.63) is 136 Å². The molecule has 0 amide bonds. The summed E-state index contributed by atoms with van der Waals surface area (Å²) in [5, 5.41) is 22.0. The summed E-state index contributed by atoms with van der Waals surface area (Å²) in [5.74, 6) is -2.43. The predicted octanol–water partition coefficient (Wildman–Crippen LogP) is 7.22. The van der Waals surface area contributed by atoms with E-state index in [9.17, 15) is 23.4 Å². The first kappa shape index (κ1) is 22.5. The lowest BCUT2D eigenvalue weighted by Crippen LogP contribution is -2.28. The summed E-state index contributed by atoms with van der Waals surface area (Å²) in [6.07, 6.45) is 3.20. The van der Waals surface area contributed by atoms with Gasteiger partial charge in [-0.15, -0.1) is 0 Å².